The van der Waals surface area contributed by atoms with Crippen molar-refractivity contribution in [3.05, 3.63) is 28.7 Å². The van der Waals surface area contributed by atoms with Gasteiger partial charge in [0, 0.05) is 11.4 Å². The van der Waals surface area contributed by atoms with Crippen molar-refractivity contribution >= 4 is 16.7 Å². The summed E-state index contributed by atoms with van der Waals surface area (Å²) in [6, 6.07) is 2.99. The van der Waals surface area contributed by atoms with Gasteiger partial charge in [0.25, 0.3) is 5.56 Å². The molecule has 1 heterocycles. The molecule has 1 aromatic carbocycles. The van der Waals surface area contributed by atoms with Crippen LogP contribution in [-0.2, 0) is 11.3 Å². The van der Waals surface area contributed by atoms with Crippen molar-refractivity contribution in [2.45, 2.75) is 19.5 Å². The fourth-order valence-electron chi connectivity index (χ4n) is 2.20. The maximum Gasteiger partial charge on any atom is 0.279 e. The van der Waals surface area contributed by atoms with Gasteiger partial charge in [-0.25, -0.2) is 4.68 Å². The van der Waals surface area contributed by atoms with Crippen molar-refractivity contribution in [2.75, 3.05) is 20.8 Å². The summed E-state index contributed by atoms with van der Waals surface area (Å²) in [5, 5.41) is 16.4. The molecular weight excluding hydrogens is 302 g/mol. The maximum absolute atomic E-state index is 12.6. The summed E-state index contributed by atoms with van der Waals surface area (Å²) >= 11 is 0. The number of nitrogens with zero attached hydrogens (tertiary/aromatic N) is 2. The first kappa shape index (κ1) is 16.8. The molecule has 0 saturated carbocycles. The van der Waals surface area contributed by atoms with E-state index in [4.69, 9.17) is 14.6 Å². The number of hydrogen-bond acceptors (Lipinski definition) is 6. The number of hydrogen-bond donors (Lipinski definition) is 2. The number of aromatic nitrogens is 2. The average molecular weight is 321 g/mol. The standard InChI is InChI=1S/C15H19N3O5/c1-9(8-19)17-12(20)7-18-15(21)13-10(6-16-18)4-5-11(22-2)14(13)23-3/h4-6,9,19H,7-8H2,1-3H3,(H,17,20). The van der Waals surface area contributed by atoms with Crippen molar-refractivity contribution in [1.82, 2.24) is 15.1 Å². The predicted molar refractivity (Wildman–Crippen MR) is 83.8 cm³/mol. The van der Waals surface area contributed by atoms with Gasteiger partial charge in [-0.05, 0) is 19.1 Å². The van der Waals surface area contributed by atoms with Crippen LogP contribution in [0.3, 0.4) is 0 Å². The summed E-state index contributed by atoms with van der Waals surface area (Å²) < 4.78 is 11.5. The normalized spacial score (nSPS) is 12.0. The number of ether oxygens (including phenoxy) is 2. The van der Waals surface area contributed by atoms with Crippen molar-refractivity contribution in [3.63, 3.8) is 0 Å². The second-order valence-corrected chi connectivity index (χ2v) is 5.02. The highest BCUT2D eigenvalue weighted by Crippen LogP contribution is 2.32. The summed E-state index contributed by atoms with van der Waals surface area (Å²) in [7, 11) is 2.92. The van der Waals surface area contributed by atoms with E-state index in [-0.39, 0.29) is 13.2 Å². The quantitative estimate of drug-likeness (QED) is 0.771. The van der Waals surface area contributed by atoms with E-state index in [1.165, 1.54) is 20.4 Å². The molecular formula is C15H19N3O5. The van der Waals surface area contributed by atoms with E-state index in [0.29, 0.717) is 22.3 Å². The molecule has 2 aromatic rings. The van der Waals surface area contributed by atoms with Crippen LogP contribution in [0.5, 0.6) is 11.5 Å². The fraction of sp³-hybridized carbons (Fsp3) is 0.400. The van der Waals surface area contributed by atoms with Crippen LogP contribution in [0, 0.1) is 0 Å². The minimum absolute atomic E-state index is 0.184. The molecule has 0 fully saturated rings. The van der Waals surface area contributed by atoms with Crippen molar-refractivity contribution in [2.24, 2.45) is 0 Å². The zero-order chi connectivity index (χ0) is 17.0. The average Bonchev–Trinajstić information content (AvgIpc) is 2.56. The summed E-state index contributed by atoms with van der Waals surface area (Å²) in [6.07, 6.45) is 1.49. The molecule has 0 aliphatic rings. The highest BCUT2D eigenvalue weighted by Gasteiger charge is 2.16. The van der Waals surface area contributed by atoms with Gasteiger partial charge < -0.3 is 19.9 Å². The third-order valence-electron chi connectivity index (χ3n) is 3.34. The van der Waals surface area contributed by atoms with Crippen molar-refractivity contribution in [1.29, 1.82) is 0 Å². The number of aliphatic hydroxyl groups excluding tert-OH is 1. The zero-order valence-electron chi connectivity index (χ0n) is 13.2. The minimum Gasteiger partial charge on any atom is -0.493 e. The van der Waals surface area contributed by atoms with Gasteiger partial charge in [0.2, 0.25) is 5.91 Å². The van der Waals surface area contributed by atoms with Crippen LogP contribution in [0.2, 0.25) is 0 Å². The van der Waals surface area contributed by atoms with Crippen LogP contribution in [0.4, 0.5) is 0 Å². The van der Waals surface area contributed by atoms with Crippen molar-refractivity contribution in [3.8, 4) is 11.5 Å². The van der Waals surface area contributed by atoms with Gasteiger partial charge in [-0.3, -0.25) is 9.59 Å². The Labute approximate surface area is 132 Å². The Balaban J connectivity index is 2.45. The summed E-state index contributed by atoms with van der Waals surface area (Å²) in [6.45, 7) is 1.22. The van der Waals surface area contributed by atoms with Crippen LogP contribution in [-0.4, -0.2) is 47.7 Å². The molecule has 2 rings (SSSR count). The molecule has 1 atom stereocenters. The van der Waals surface area contributed by atoms with E-state index < -0.39 is 17.5 Å². The van der Waals surface area contributed by atoms with Crippen LogP contribution in [0.15, 0.2) is 23.1 Å². The van der Waals surface area contributed by atoms with E-state index >= 15 is 0 Å². The Bertz CT molecular complexity index is 772. The Morgan fingerprint density at radius 2 is 2.13 bits per heavy atom. The first-order valence-electron chi connectivity index (χ1n) is 7.02. The van der Waals surface area contributed by atoms with Gasteiger partial charge >= 0.3 is 0 Å². The number of aliphatic hydroxyl groups is 1. The first-order chi connectivity index (χ1) is 11.0. The molecule has 0 aliphatic heterocycles. The molecule has 0 radical (unpaired) electrons. The minimum atomic E-state index is -0.454. The van der Waals surface area contributed by atoms with Gasteiger partial charge in [0.15, 0.2) is 11.5 Å². The number of methoxy groups -OCH3 is 2. The van der Waals surface area contributed by atoms with Gasteiger partial charge in [0.05, 0.1) is 32.4 Å². The van der Waals surface area contributed by atoms with Crippen LogP contribution in [0.1, 0.15) is 6.92 Å². The lowest BCUT2D eigenvalue weighted by Gasteiger charge is -2.13. The molecule has 1 unspecified atom stereocenters. The molecule has 0 aliphatic carbocycles. The number of fused-ring (bicyclic) bond motifs is 1. The molecule has 1 aromatic heterocycles. The van der Waals surface area contributed by atoms with E-state index in [0.717, 1.165) is 4.68 Å². The molecule has 23 heavy (non-hydrogen) atoms. The van der Waals surface area contributed by atoms with Gasteiger partial charge in [0.1, 0.15) is 6.54 Å². The van der Waals surface area contributed by atoms with E-state index in [1.54, 1.807) is 19.1 Å². The van der Waals surface area contributed by atoms with Crippen LogP contribution >= 0.6 is 0 Å². The van der Waals surface area contributed by atoms with E-state index in [9.17, 15) is 9.59 Å². The molecule has 124 valence electrons. The molecule has 2 N–H and O–H groups in total. The largest absolute Gasteiger partial charge is 0.493 e. The number of carbonyl (C=O) groups excluding carboxylic acids is 1. The number of nitrogens with one attached hydrogen (secondary N) is 1. The smallest absolute Gasteiger partial charge is 0.279 e. The Kier molecular flexibility index (Phi) is 5.17. The Morgan fingerprint density at radius 3 is 2.74 bits per heavy atom. The fourth-order valence-corrected chi connectivity index (χ4v) is 2.20. The highest BCUT2D eigenvalue weighted by atomic mass is 16.5. The van der Waals surface area contributed by atoms with E-state index in [1.807, 2.05) is 0 Å². The number of benzene rings is 1. The van der Waals surface area contributed by atoms with Crippen LogP contribution in [0.25, 0.3) is 10.8 Å². The highest BCUT2D eigenvalue weighted by molar-refractivity contribution is 5.89. The lowest BCUT2D eigenvalue weighted by molar-refractivity contribution is -0.122. The second kappa shape index (κ2) is 7.10. The molecule has 0 saturated heterocycles. The predicted octanol–water partition coefficient (Wildman–Crippen LogP) is -0.0893. The number of amides is 1. The SMILES string of the molecule is COc1ccc2cnn(CC(=O)NC(C)CO)c(=O)c2c1OC. The van der Waals surface area contributed by atoms with Gasteiger partial charge in [-0.1, -0.05) is 0 Å². The molecule has 8 heteroatoms. The summed E-state index contributed by atoms with van der Waals surface area (Å²) in [5.74, 6) is 0.311. The zero-order valence-corrected chi connectivity index (χ0v) is 13.2. The Morgan fingerprint density at radius 1 is 1.39 bits per heavy atom. The third-order valence-corrected chi connectivity index (χ3v) is 3.34. The van der Waals surface area contributed by atoms with E-state index in [2.05, 4.69) is 10.4 Å². The molecule has 1 amide bonds. The summed E-state index contributed by atoms with van der Waals surface area (Å²) in [4.78, 5) is 24.5. The topological polar surface area (TPSA) is 103 Å². The monoisotopic (exact) mass is 321 g/mol. The van der Waals surface area contributed by atoms with Gasteiger partial charge in [-0.15, -0.1) is 0 Å². The Hall–Kier alpha value is -2.61. The maximum atomic E-state index is 12.6. The van der Waals surface area contributed by atoms with Crippen LogP contribution < -0.4 is 20.3 Å². The lowest BCUT2D eigenvalue weighted by atomic mass is 10.1. The van der Waals surface area contributed by atoms with Crippen molar-refractivity contribution < 1.29 is 19.4 Å². The summed E-state index contributed by atoms with van der Waals surface area (Å²) in [5.41, 5.74) is -0.454. The lowest BCUT2D eigenvalue weighted by Crippen LogP contribution is -2.39. The first-order valence-corrected chi connectivity index (χ1v) is 7.02. The number of carbonyl (C=O) groups is 1. The molecule has 8 nitrogen and oxygen atoms in total. The number of rotatable bonds is 6. The molecule has 0 spiro atoms. The third kappa shape index (κ3) is 3.42. The molecule has 0 bridgehead atoms. The van der Waals surface area contributed by atoms with Gasteiger partial charge in [-0.2, -0.15) is 5.10 Å². The second-order valence-electron chi connectivity index (χ2n) is 5.02.